The summed E-state index contributed by atoms with van der Waals surface area (Å²) in [5, 5.41) is 3.88. The molecule has 3 rings (SSSR count). The number of benzene rings is 2. The van der Waals surface area contributed by atoms with Gasteiger partial charge in [0.05, 0.1) is 5.69 Å². The maximum atomic E-state index is 5.90. The van der Waals surface area contributed by atoms with Crippen LogP contribution < -0.4 is 5.32 Å². The Hall–Kier alpha value is -2.65. The van der Waals surface area contributed by atoms with Gasteiger partial charge in [-0.25, -0.2) is 9.97 Å². The van der Waals surface area contributed by atoms with Crippen LogP contribution >= 0.6 is 11.6 Å². The van der Waals surface area contributed by atoms with E-state index in [2.05, 4.69) is 59.5 Å². The van der Waals surface area contributed by atoms with Crippen molar-refractivity contribution in [2.24, 2.45) is 0 Å². The first-order chi connectivity index (χ1) is 12.1. The molecule has 1 aromatic heterocycles. The molecule has 1 heterocycles. The average molecular weight is 350 g/mol. The molecule has 0 unspecified atom stereocenters. The molecule has 0 saturated heterocycles. The molecule has 1 N–H and O–H groups in total. The van der Waals surface area contributed by atoms with Crippen LogP contribution in [0.25, 0.3) is 12.2 Å². The first-order valence-corrected chi connectivity index (χ1v) is 8.61. The third-order valence-corrected chi connectivity index (χ3v) is 4.08. The lowest BCUT2D eigenvalue weighted by Gasteiger charge is -2.05. The van der Waals surface area contributed by atoms with E-state index >= 15 is 0 Å². The molecule has 126 valence electrons. The lowest BCUT2D eigenvalue weighted by atomic mass is 10.0. The van der Waals surface area contributed by atoms with Gasteiger partial charge in [-0.1, -0.05) is 55.8 Å². The number of halogens is 1. The number of rotatable bonds is 5. The van der Waals surface area contributed by atoms with Crippen LogP contribution in [0.4, 0.5) is 11.6 Å². The summed E-state index contributed by atoms with van der Waals surface area (Å²) in [6.07, 6.45) is 5.78. The molecule has 0 radical (unpaired) electrons. The normalized spacial score (nSPS) is 11.2. The maximum Gasteiger partial charge on any atom is 0.227 e. The fourth-order valence-corrected chi connectivity index (χ4v) is 2.49. The van der Waals surface area contributed by atoms with Crippen LogP contribution in [0.15, 0.2) is 60.8 Å². The Labute approximate surface area is 153 Å². The molecule has 3 aromatic rings. The minimum absolute atomic E-state index is 0.543. The van der Waals surface area contributed by atoms with Gasteiger partial charge in [0.15, 0.2) is 0 Å². The van der Waals surface area contributed by atoms with Crippen molar-refractivity contribution < 1.29 is 0 Å². The molecule has 0 aliphatic carbocycles. The number of anilines is 2. The van der Waals surface area contributed by atoms with Gasteiger partial charge in [0.1, 0.15) is 0 Å². The Morgan fingerprint density at radius 3 is 2.32 bits per heavy atom. The van der Waals surface area contributed by atoms with Crippen LogP contribution in [0.2, 0.25) is 5.02 Å². The van der Waals surface area contributed by atoms with Crippen molar-refractivity contribution in [2.45, 2.75) is 19.8 Å². The van der Waals surface area contributed by atoms with Crippen molar-refractivity contribution in [1.82, 2.24) is 9.97 Å². The lowest BCUT2D eigenvalue weighted by molar-refractivity contribution is 0.866. The van der Waals surface area contributed by atoms with Crippen molar-refractivity contribution in [3.05, 3.63) is 82.6 Å². The van der Waals surface area contributed by atoms with E-state index in [4.69, 9.17) is 11.6 Å². The van der Waals surface area contributed by atoms with Gasteiger partial charge in [0, 0.05) is 16.9 Å². The van der Waals surface area contributed by atoms with Gasteiger partial charge in [-0.3, -0.25) is 0 Å². The van der Waals surface area contributed by atoms with Crippen LogP contribution in [0.5, 0.6) is 0 Å². The van der Waals surface area contributed by atoms with Crippen LogP contribution in [-0.2, 0) is 0 Å². The van der Waals surface area contributed by atoms with Gasteiger partial charge >= 0.3 is 0 Å². The SMILES string of the molecule is CC(C)c1ccc(/C=C/c2ccnc(Nc3ccc(Cl)cc3)n2)cc1. The van der Waals surface area contributed by atoms with E-state index in [0.29, 0.717) is 16.9 Å². The molecule has 0 atom stereocenters. The minimum atomic E-state index is 0.543. The Balaban J connectivity index is 1.71. The van der Waals surface area contributed by atoms with Crippen LogP contribution in [0, 0.1) is 0 Å². The van der Waals surface area contributed by atoms with Gasteiger partial charge in [0.25, 0.3) is 0 Å². The van der Waals surface area contributed by atoms with Gasteiger partial charge in [-0.2, -0.15) is 0 Å². The highest BCUT2D eigenvalue weighted by Gasteiger charge is 2.00. The van der Waals surface area contributed by atoms with Crippen molar-refractivity contribution in [1.29, 1.82) is 0 Å². The predicted molar refractivity (Wildman–Crippen MR) is 106 cm³/mol. The highest BCUT2D eigenvalue weighted by Crippen LogP contribution is 2.18. The van der Waals surface area contributed by atoms with E-state index in [1.165, 1.54) is 5.56 Å². The number of nitrogens with one attached hydrogen (secondary N) is 1. The summed E-state index contributed by atoms with van der Waals surface area (Å²) in [5.41, 5.74) is 4.23. The highest BCUT2D eigenvalue weighted by atomic mass is 35.5. The second kappa shape index (κ2) is 7.95. The Kier molecular flexibility index (Phi) is 5.46. The lowest BCUT2D eigenvalue weighted by Crippen LogP contribution is -1.97. The molecule has 0 spiro atoms. The van der Waals surface area contributed by atoms with Crippen LogP contribution in [-0.4, -0.2) is 9.97 Å². The van der Waals surface area contributed by atoms with Gasteiger partial charge in [0.2, 0.25) is 5.95 Å². The molecule has 0 saturated carbocycles. The molecular formula is C21H20ClN3. The summed E-state index contributed by atoms with van der Waals surface area (Å²) in [6.45, 7) is 4.39. The van der Waals surface area contributed by atoms with E-state index in [1.807, 2.05) is 36.4 Å². The second-order valence-electron chi connectivity index (χ2n) is 6.09. The monoisotopic (exact) mass is 349 g/mol. The zero-order chi connectivity index (χ0) is 17.6. The molecule has 0 amide bonds. The average Bonchev–Trinajstić information content (AvgIpc) is 2.63. The standard InChI is InChI=1S/C21H20ClN3/c1-15(2)17-6-3-16(4-7-17)5-10-20-13-14-23-21(25-20)24-19-11-8-18(22)9-12-19/h3-15H,1-2H3,(H,23,24,25)/b10-5+. The third-order valence-electron chi connectivity index (χ3n) is 3.83. The quantitative estimate of drug-likeness (QED) is 0.598. The van der Waals surface area contributed by atoms with Crippen molar-refractivity contribution in [3.8, 4) is 0 Å². The zero-order valence-corrected chi connectivity index (χ0v) is 15.0. The van der Waals surface area contributed by atoms with Gasteiger partial charge < -0.3 is 5.32 Å². The summed E-state index contributed by atoms with van der Waals surface area (Å²) in [6, 6.07) is 17.9. The molecule has 0 aliphatic rings. The first-order valence-electron chi connectivity index (χ1n) is 8.24. The van der Waals surface area contributed by atoms with Gasteiger partial charge in [-0.05, 0) is 53.5 Å². The molecule has 2 aromatic carbocycles. The molecule has 4 heteroatoms. The van der Waals surface area contributed by atoms with Crippen LogP contribution in [0.1, 0.15) is 36.6 Å². The summed E-state index contributed by atoms with van der Waals surface area (Å²) in [5.74, 6) is 1.10. The topological polar surface area (TPSA) is 37.8 Å². The molecule has 0 aliphatic heterocycles. The smallest absolute Gasteiger partial charge is 0.227 e. The van der Waals surface area contributed by atoms with E-state index in [-0.39, 0.29) is 0 Å². The molecule has 0 fully saturated rings. The van der Waals surface area contributed by atoms with Gasteiger partial charge in [-0.15, -0.1) is 0 Å². The Bertz CT molecular complexity index is 853. The molecule has 25 heavy (non-hydrogen) atoms. The summed E-state index contributed by atoms with van der Waals surface area (Å²) < 4.78 is 0. The van der Waals surface area contributed by atoms with E-state index in [0.717, 1.165) is 16.9 Å². The number of hydrogen-bond donors (Lipinski definition) is 1. The largest absolute Gasteiger partial charge is 0.324 e. The predicted octanol–water partition coefficient (Wildman–Crippen LogP) is 6.17. The first kappa shape index (κ1) is 17.2. The van der Waals surface area contributed by atoms with E-state index in [9.17, 15) is 0 Å². The molecule has 0 bridgehead atoms. The van der Waals surface area contributed by atoms with Crippen molar-refractivity contribution in [2.75, 3.05) is 5.32 Å². The fraction of sp³-hybridized carbons (Fsp3) is 0.143. The number of nitrogens with zero attached hydrogens (tertiary/aromatic N) is 2. The Morgan fingerprint density at radius 2 is 1.64 bits per heavy atom. The van der Waals surface area contributed by atoms with E-state index in [1.54, 1.807) is 6.20 Å². The Morgan fingerprint density at radius 1 is 0.920 bits per heavy atom. The highest BCUT2D eigenvalue weighted by molar-refractivity contribution is 6.30. The third kappa shape index (κ3) is 4.91. The molecule has 3 nitrogen and oxygen atoms in total. The number of hydrogen-bond acceptors (Lipinski definition) is 3. The summed E-state index contributed by atoms with van der Waals surface area (Å²) in [4.78, 5) is 8.76. The molecular weight excluding hydrogens is 330 g/mol. The number of aromatic nitrogens is 2. The summed E-state index contributed by atoms with van der Waals surface area (Å²) in [7, 11) is 0. The van der Waals surface area contributed by atoms with Crippen molar-refractivity contribution in [3.63, 3.8) is 0 Å². The maximum absolute atomic E-state index is 5.90. The summed E-state index contributed by atoms with van der Waals surface area (Å²) >= 11 is 5.90. The van der Waals surface area contributed by atoms with Crippen LogP contribution in [0.3, 0.4) is 0 Å². The zero-order valence-electron chi connectivity index (χ0n) is 14.3. The fourth-order valence-electron chi connectivity index (χ4n) is 2.36. The minimum Gasteiger partial charge on any atom is -0.324 e. The van der Waals surface area contributed by atoms with E-state index < -0.39 is 0 Å². The second-order valence-corrected chi connectivity index (χ2v) is 6.53. The van der Waals surface area contributed by atoms with Crippen molar-refractivity contribution >= 4 is 35.4 Å².